The van der Waals surface area contributed by atoms with Crippen molar-refractivity contribution in [2.75, 3.05) is 0 Å². The maximum atomic E-state index is 13.1. The summed E-state index contributed by atoms with van der Waals surface area (Å²) in [5.74, 6) is 0.254. The number of alkyl halides is 3. The fraction of sp³-hybridized carbons (Fsp3) is 0.278. The zero-order valence-corrected chi connectivity index (χ0v) is 13.5. The molecular weight excluding hydrogens is 347 g/mol. The third kappa shape index (κ3) is 2.81. The highest BCUT2D eigenvalue weighted by atomic mass is 19.4. The standard InChI is InChI=1S/C18H14F3N3O2/c19-18(20,21)12-3-1-4-13(9-12)24-15-14(5-2-8-22-15)16(25)23(17(24)26)10-11-6-7-11/h1-5,8-9,11H,6-7,10H2. The summed E-state index contributed by atoms with van der Waals surface area (Å²) in [6.07, 6.45) is -1.27. The average Bonchev–Trinajstić information content (AvgIpc) is 3.43. The molecule has 0 atom stereocenters. The molecular formula is C18H14F3N3O2. The quantitative estimate of drug-likeness (QED) is 0.721. The van der Waals surface area contributed by atoms with E-state index < -0.39 is 23.0 Å². The van der Waals surface area contributed by atoms with Gasteiger partial charge in [-0.05, 0) is 49.1 Å². The minimum atomic E-state index is -4.54. The summed E-state index contributed by atoms with van der Waals surface area (Å²) in [5, 5.41) is 0.199. The van der Waals surface area contributed by atoms with Gasteiger partial charge in [0.15, 0.2) is 5.65 Å². The normalized spacial score (nSPS) is 14.7. The number of hydrogen-bond donors (Lipinski definition) is 0. The highest BCUT2D eigenvalue weighted by Crippen LogP contribution is 2.31. The molecule has 1 aliphatic carbocycles. The first-order valence-electron chi connectivity index (χ1n) is 8.14. The summed E-state index contributed by atoms with van der Waals surface area (Å²) in [6, 6.07) is 7.54. The van der Waals surface area contributed by atoms with Gasteiger partial charge >= 0.3 is 11.9 Å². The van der Waals surface area contributed by atoms with Crippen LogP contribution >= 0.6 is 0 Å². The van der Waals surface area contributed by atoms with Crippen molar-refractivity contribution in [3.63, 3.8) is 0 Å². The molecule has 0 saturated heterocycles. The second-order valence-corrected chi connectivity index (χ2v) is 6.40. The van der Waals surface area contributed by atoms with Crippen molar-refractivity contribution in [3.05, 3.63) is 69.0 Å². The van der Waals surface area contributed by atoms with Gasteiger partial charge in [-0.1, -0.05) is 6.07 Å². The molecule has 0 aliphatic heterocycles. The van der Waals surface area contributed by atoms with Crippen molar-refractivity contribution in [1.82, 2.24) is 14.1 Å². The topological polar surface area (TPSA) is 56.9 Å². The second kappa shape index (κ2) is 5.82. The molecule has 0 spiro atoms. The van der Waals surface area contributed by atoms with Crippen LogP contribution in [0.3, 0.4) is 0 Å². The van der Waals surface area contributed by atoms with Gasteiger partial charge in [-0.25, -0.2) is 14.3 Å². The number of hydrogen-bond acceptors (Lipinski definition) is 3. The number of fused-ring (bicyclic) bond motifs is 1. The second-order valence-electron chi connectivity index (χ2n) is 6.40. The number of rotatable bonds is 3. The molecule has 134 valence electrons. The Bertz CT molecular complexity index is 1110. The molecule has 1 aliphatic rings. The van der Waals surface area contributed by atoms with Crippen LogP contribution in [0.1, 0.15) is 18.4 Å². The van der Waals surface area contributed by atoms with E-state index in [1.54, 1.807) is 6.07 Å². The summed E-state index contributed by atoms with van der Waals surface area (Å²) in [6.45, 7) is 0.265. The molecule has 1 saturated carbocycles. The number of pyridine rings is 1. The van der Waals surface area contributed by atoms with Crippen LogP contribution in [0.2, 0.25) is 0 Å². The highest BCUT2D eigenvalue weighted by Gasteiger charge is 2.31. The van der Waals surface area contributed by atoms with Crippen LogP contribution in [0.25, 0.3) is 16.7 Å². The van der Waals surface area contributed by atoms with Crippen LogP contribution in [0.4, 0.5) is 13.2 Å². The molecule has 2 heterocycles. The predicted molar refractivity (Wildman–Crippen MR) is 89.3 cm³/mol. The van der Waals surface area contributed by atoms with Gasteiger partial charge < -0.3 is 0 Å². The molecule has 26 heavy (non-hydrogen) atoms. The fourth-order valence-electron chi connectivity index (χ4n) is 2.96. The highest BCUT2D eigenvalue weighted by molar-refractivity contribution is 5.75. The molecule has 2 aromatic heterocycles. The zero-order valence-electron chi connectivity index (χ0n) is 13.5. The van der Waals surface area contributed by atoms with Crippen LogP contribution in [0.5, 0.6) is 0 Å². The Morgan fingerprint density at radius 2 is 1.88 bits per heavy atom. The van der Waals surface area contributed by atoms with Crippen LogP contribution < -0.4 is 11.2 Å². The van der Waals surface area contributed by atoms with E-state index in [9.17, 15) is 22.8 Å². The predicted octanol–water partition coefficient (Wildman–Crippen LogP) is 2.98. The molecule has 3 aromatic rings. The van der Waals surface area contributed by atoms with Crippen molar-refractivity contribution < 1.29 is 13.2 Å². The average molecular weight is 361 g/mol. The van der Waals surface area contributed by atoms with Gasteiger partial charge in [0, 0.05) is 12.7 Å². The Hall–Kier alpha value is -2.90. The number of aromatic nitrogens is 3. The largest absolute Gasteiger partial charge is 0.416 e. The number of nitrogens with zero attached hydrogens (tertiary/aromatic N) is 3. The van der Waals surface area contributed by atoms with Gasteiger partial charge in [0.05, 0.1) is 16.6 Å². The third-order valence-electron chi connectivity index (χ3n) is 4.47. The first-order valence-corrected chi connectivity index (χ1v) is 8.14. The van der Waals surface area contributed by atoms with Crippen molar-refractivity contribution >= 4 is 11.0 Å². The monoisotopic (exact) mass is 361 g/mol. The smallest absolute Gasteiger partial charge is 0.268 e. The van der Waals surface area contributed by atoms with Gasteiger partial charge in [0.25, 0.3) is 5.56 Å². The van der Waals surface area contributed by atoms with E-state index in [2.05, 4.69) is 4.98 Å². The maximum absolute atomic E-state index is 13.1. The van der Waals surface area contributed by atoms with Crippen LogP contribution in [-0.4, -0.2) is 14.1 Å². The third-order valence-corrected chi connectivity index (χ3v) is 4.47. The van der Waals surface area contributed by atoms with E-state index in [1.807, 2.05) is 0 Å². The van der Waals surface area contributed by atoms with Gasteiger partial charge in [-0.15, -0.1) is 0 Å². The molecule has 0 N–H and O–H groups in total. The summed E-state index contributed by atoms with van der Waals surface area (Å²) < 4.78 is 41.4. The molecule has 0 bridgehead atoms. The molecule has 5 nitrogen and oxygen atoms in total. The summed E-state index contributed by atoms with van der Waals surface area (Å²) >= 11 is 0. The summed E-state index contributed by atoms with van der Waals surface area (Å²) in [4.78, 5) is 29.7. The van der Waals surface area contributed by atoms with E-state index in [4.69, 9.17) is 0 Å². The Labute approximate surface area is 145 Å². The Morgan fingerprint density at radius 3 is 2.58 bits per heavy atom. The molecule has 1 fully saturated rings. The molecule has 0 radical (unpaired) electrons. The van der Waals surface area contributed by atoms with Crippen LogP contribution in [0.15, 0.2) is 52.2 Å². The first-order chi connectivity index (χ1) is 12.4. The Kier molecular flexibility index (Phi) is 3.71. The molecule has 0 amide bonds. The molecule has 4 rings (SSSR count). The Balaban J connectivity index is 2.03. The van der Waals surface area contributed by atoms with Gasteiger partial charge in [-0.2, -0.15) is 13.2 Å². The molecule has 8 heteroatoms. The molecule has 0 unspecified atom stereocenters. The lowest BCUT2D eigenvalue weighted by Crippen LogP contribution is -2.40. The summed E-state index contributed by atoms with van der Waals surface area (Å²) in [7, 11) is 0. The number of halogens is 3. The van der Waals surface area contributed by atoms with Crippen molar-refractivity contribution in [1.29, 1.82) is 0 Å². The van der Waals surface area contributed by atoms with E-state index in [0.717, 1.165) is 34.1 Å². The van der Waals surface area contributed by atoms with Crippen LogP contribution in [-0.2, 0) is 12.7 Å². The van der Waals surface area contributed by atoms with Crippen LogP contribution in [0, 0.1) is 5.92 Å². The van der Waals surface area contributed by atoms with Crippen molar-refractivity contribution in [2.24, 2.45) is 5.92 Å². The van der Waals surface area contributed by atoms with Gasteiger partial charge in [-0.3, -0.25) is 9.36 Å². The maximum Gasteiger partial charge on any atom is 0.416 e. The SMILES string of the molecule is O=c1c2cccnc2n(-c2cccc(C(F)(F)F)c2)c(=O)n1CC1CC1. The lowest BCUT2D eigenvalue weighted by molar-refractivity contribution is -0.137. The van der Waals surface area contributed by atoms with E-state index in [1.165, 1.54) is 24.4 Å². The van der Waals surface area contributed by atoms with Gasteiger partial charge in [0.1, 0.15) is 0 Å². The first kappa shape index (κ1) is 16.6. The van der Waals surface area contributed by atoms with E-state index in [0.29, 0.717) is 0 Å². The minimum Gasteiger partial charge on any atom is -0.268 e. The van der Waals surface area contributed by atoms with E-state index in [-0.39, 0.29) is 29.2 Å². The van der Waals surface area contributed by atoms with Crippen molar-refractivity contribution in [3.8, 4) is 5.69 Å². The Morgan fingerprint density at radius 1 is 1.12 bits per heavy atom. The lowest BCUT2D eigenvalue weighted by atomic mass is 10.2. The van der Waals surface area contributed by atoms with Gasteiger partial charge in [0.2, 0.25) is 0 Å². The molecule has 1 aromatic carbocycles. The minimum absolute atomic E-state index is 0.0260. The van der Waals surface area contributed by atoms with Crippen molar-refractivity contribution in [2.45, 2.75) is 25.6 Å². The zero-order chi connectivity index (χ0) is 18.5. The fourth-order valence-corrected chi connectivity index (χ4v) is 2.96. The van der Waals surface area contributed by atoms with E-state index >= 15 is 0 Å². The lowest BCUT2D eigenvalue weighted by Gasteiger charge is -2.14. The summed E-state index contributed by atoms with van der Waals surface area (Å²) in [5.41, 5.74) is -1.93. The number of benzene rings is 1.